The standard InChI is InChI=1S/C15H13NO5S/c1-21-14-4-2-3-12(11-14)9-10-22(19,20)15-7-5-13(6-8-15)16(17)18/h2-11H,1H3. The van der Waals surface area contributed by atoms with Crippen LogP contribution in [0.15, 0.2) is 58.8 Å². The van der Waals surface area contributed by atoms with Crippen molar-refractivity contribution >= 4 is 21.6 Å². The van der Waals surface area contributed by atoms with Gasteiger partial charge in [-0.05, 0) is 35.9 Å². The van der Waals surface area contributed by atoms with Gasteiger partial charge >= 0.3 is 0 Å². The lowest BCUT2D eigenvalue weighted by molar-refractivity contribution is -0.384. The van der Waals surface area contributed by atoms with E-state index in [2.05, 4.69) is 0 Å². The molecule has 0 saturated heterocycles. The van der Waals surface area contributed by atoms with E-state index in [1.807, 2.05) is 0 Å². The van der Waals surface area contributed by atoms with Crippen LogP contribution in [-0.2, 0) is 9.84 Å². The van der Waals surface area contributed by atoms with Crippen LogP contribution in [0.1, 0.15) is 5.56 Å². The van der Waals surface area contributed by atoms with Gasteiger partial charge < -0.3 is 4.74 Å². The van der Waals surface area contributed by atoms with E-state index in [0.29, 0.717) is 11.3 Å². The highest BCUT2D eigenvalue weighted by molar-refractivity contribution is 7.94. The molecule has 0 saturated carbocycles. The Morgan fingerprint density at radius 3 is 2.41 bits per heavy atom. The largest absolute Gasteiger partial charge is 0.497 e. The van der Waals surface area contributed by atoms with E-state index in [4.69, 9.17) is 4.74 Å². The summed E-state index contributed by atoms with van der Waals surface area (Å²) in [7, 11) is -2.14. The van der Waals surface area contributed by atoms with Crippen LogP contribution in [0.5, 0.6) is 5.75 Å². The van der Waals surface area contributed by atoms with E-state index in [0.717, 1.165) is 17.5 Å². The number of non-ortho nitro benzene ring substituents is 1. The molecule has 0 spiro atoms. The van der Waals surface area contributed by atoms with Crippen LogP contribution in [0.2, 0.25) is 0 Å². The van der Waals surface area contributed by atoms with Crippen molar-refractivity contribution in [3.8, 4) is 5.75 Å². The number of hydrogen-bond donors (Lipinski definition) is 0. The quantitative estimate of drug-likeness (QED) is 0.624. The van der Waals surface area contributed by atoms with Crippen LogP contribution in [0, 0.1) is 10.1 Å². The van der Waals surface area contributed by atoms with E-state index in [1.165, 1.54) is 25.3 Å². The predicted molar refractivity (Wildman–Crippen MR) is 82.3 cm³/mol. The fourth-order valence-electron chi connectivity index (χ4n) is 1.75. The molecule has 0 heterocycles. The van der Waals surface area contributed by atoms with Crippen molar-refractivity contribution in [2.45, 2.75) is 4.90 Å². The Kier molecular flexibility index (Phi) is 4.57. The number of hydrogen-bond acceptors (Lipinski definition) is 5. The maximum absolute atomic E-state index is 12.2. The van der Waals surface area contributed by atoms with Gasteiger partial charge in [-0.25, -0.2) is 8.42 Å². The van der Waals surface area contributed by atoms with Crippen LogP contribution in [-0.4, -0.2) is 20.5 Å². The second kappa shape index (κ2) is 6.40. The molecule has 0 aliphatic heterocycles. The van der Waals surface area contributed by atoms with E-state index in [9.17, 15) is 18.5 Å². The third-order valence-electron chi connectivity index (χ3n) is 2.91. The zero-order valence-corrected chi connectivity index (χ0v) is 12.5. The van der Waals surface area contributed by atoms with E-state index in [-0.39, 0.29) is 10.6 Å². The summed E-state index contributed by atoms with van der Waals surface area (Å²) in [6.45, 7) is 0. The summed E-state index contributed by atoms with van der Waals surface area (Å²) in [4.78, 5) is 9.98. The van der Waals surface area contributed by atoms with Gasteiger partial charge in [0.05, 0.1) is 16.9 Å². The molecule has 0 fully saturated rings. The lowest BCUT2D eigenvalue weighted by atomic mass is 10.2. The fraction of sp³-hybridized carbons (Fsp3) is 0.0667. The van der Waals surface area contributed by atoms with E-state index in [1.54, 1.807) is 24.3 Å². The second-order valence-electron chi connectivity index (χ2n) is 4.38. The zero-order valence-electron chi connectivity index (χ0n) is 11.7. The highest BCUT2D eigenvalue weighted by Crippen LogP contribution is 2.19. The Morgan fingerprint density at radius 1 is 1.14 bits per heavy atom. The molecule has 0 radical (unpaired) electrons. The number of nitro benzene ring substituents is 1. The summed E-state index contributed by atoms with van der Waals surface area (Å²) >= 11 is 0. The zero-order chi connectivity index (χ0) is 16.2. The van der Waals surface area contributed by atoms with Crippen LogP contribution in [0.3, 0.4) is 0 Å². The maximum atomic E-state index is 12.2. The lowest BCUT2D eigenvalue weighted by Crippen LogP contribution is -1.96. The molecule has 0 amide bonds. The summed E-state index contributed by atoms with van der Waals surface area (Å²) in [5.41, 5.74) is 0.514. The Labute approximate surface area is 127 Å². The molecule has 0 bridgehead atoms. The Bertz CT molecular complexity index is 810. The number of rotatable bonds is 5. The molecule has 2 rings (SSSR count). The molecule has 0 aliphatic carbocycles. The maximum Gasteiger partial charge on any atom is 0.269 e. The average Bonchev–Trinajstić information content (AvgIpc) is 2.53. The Balaban J connectivity index is 2.26. The van der Waals surface area contributed by atoms with E-state index >= 15 is 0 Å². The molecule has 6 nitrogen and oxygen atoms in total. The number of ether oxygens (including phenoxy) is 1. The number of nitro groups is 1. The van der Waals surface area contributed by atoms with Gasteiger partial charge in [-0.2, -0.15) is 0 Å². The summed E-state index contributed by atoms with van der Waals surface area (Å²) in [5, 5.41) is 11.6. The van der Waals surface area contributed by atoms with Crippen molar-refractivity contribution in [1.82, 2.24) is 0 Å². The summed E-state index contributed by atoms with van der Waals surface area (Å²) in [6, 6.07) is 11.7. The number of nitrogens with zero attached hydrogens (tertiary/aromatic N) is 1. The molecule has 22 heavy (non-hydrogen) atoms. The van der Waals surface area contributed by atoms with Gasteiger partial charge in [0, 0.05) is 17.5 Å². The van der Waals surface area contributed by atoms with Crippen LogP contribution < -0.4 is 4.74 Å². The first-order chi connectivity index (χ1) is 10.4. The first-order valence-electron chi connectivity index (χ1n) is 6.24. The topological polar surface area (TPSA) is 86.5 Å². The summed E-state index contributed by atoms with van der Waals surface area (Å²) in [5.74, 6) is 0.620. The molecule has 0 N–H and O–H groups in total. The minimum Gasteiger partial charge on any atom is -0.497 e. The van der Waals surface area contributed by atoms with Crippen molar-refractivity contribution in [2.75, 3.05) is 7.11 Å². The highest BCUT2D eigenvalue weighted by Gasteiger charge is 2.12. The average molecular weight is 319 g/mol. The third kappa shape index (κ3) is 3.70. The predicted octanol–water partition coefficient (Wildman–Crippen LogP) is 3.05. The van der Waals surface area contributed by atoms with Gasteiger partial charge in [-0.1, -0.05) is 12.1 Å². The molecule has 114 valence electrons. The molecular formula is C15H13NO5S. The van der Waals surface area contributed by atoms with Crippen molar-refractivity contribution in [1.29, 1.82) is 0 Å². The summed E-state index contributed by atoms with van der Waals surface area (Å²) < 4.78 is 29.4. The van der Waals surface area contributed by atoms with Crippen molar-refractivity contribution < 1.29 is 18.1 Å². The van der Waals surface area contributed by atoms with E-state index < -0.39 is 14.8 Å². The monoisotopic (exact) mass is 319 g/mol. The van der Waals surface area contributed by atoms with Gasteiger partial charge in [0.1, 0.15) is 5.75 Å². The molecular weight excluding hydrogens is 306 g/mol. The van der Waals surface area contributed by atoms with Crippen LogP contribution in [0.4, 0.5) is 5.69 Å². The number of sulfone groups is 1. The van der Waals surface area contributed by atoms with Crippen LogP contribution >= 0.6 is 0 Å². The SMILES string of the molecule is COc1cccc(C=CS(=O)(=O)c2ccc([N+](=O)[O-])cc2)c1. The van der Waals surface area contributed by atoms with Gasteiger partial charge in [0.2, 0.25) is 0 Å². The fourth-order valence-corrected chi connectivity index (χ4v) is 2.76. The number of methoxy groups -OCH3 is 1. The molecule has 2 aromatic rings. The minimum absolute atomic E-state index is 0.00255. The minimum atomic E-state index is -3.66. The summed E-state index contributed by atoms with van der Waals surface area (Å²) in [6.07, 6.45) is 1.44. The highest BCUT2D eigenvalue weighted by atomic mass is 32.2. The van der Waals surface area contributed by atoms with Crippen molar-refractivity contribution in [2.24, 2.45) is 0 Å². The van der Waals surface area contributed by atoms with Gasteiger partial charge in [-0.3, -0.25) is 10.1 Å². The molecule has 0 atom stereocenters. The molecule has 7 heteroatoms. The van der Waals surface area contributed by atoms with Crippen LogP contribution in [0.25, 0.3) is 6.08 Å². The normalized spacial score (nSPS) is 11.5. The second-order valence-corrected chi connectivity index (χ2v) is 6.21. The lowest BCUT2D eigenvalue weighted by Gasteiger charge is -2.01. The Morgan fingerprint density at radius 2 is 1.82 bits per heavy atom. The number of benzene rings is 2. The molecule has 0 aliphatic rings. The van der Waals surface area contributed by atoms with Gasteiger partial charge in [-0.15, -0.1) is 0 Å². The van der Waals surface area contributed by atoms with Crippen molar-refractivity contribution in [3.05, 3.63) is 69.6 Å². The Hall–Kier alpha value is -2.67. The third-order valence-corrected chi connectivity index (χ3v) is 4.33. The first kappa shape index (κ1) is 15.7. The molecule has 0 aromatic heterocycles. The first-order valence-corrected chi connectivity index (χ1v) is 7.79. The smallest absolute Gasteiger partial charge is 0.269 e. The van der Waals surface area contributed by atoms with Gasteiger partial charge in [0.15, 0.2) is 9.84 Å². The van der Waals surface area contributed by atoms with Crippen molar-refractivity contribution in [3.63, 3.8) is 0 Å². The molecule has 2 aromatic carbocycles. The molecule has 0 unspecified atom stereocenters. The van der Waals surface area contributed by atoms with Gasteiger partial charge in [0.25, 0.3) is 5.69 Å².